The van der Waals surface area contributed by atoms with Crippen molar-refractivity contribution in [3.63, 3.8) is 0 Å². The largest absolute Gasteiger partial charge is 0.527 e. The third-order valence-corrected chi connectivity index (χ3v) is 4.09. The molecule has 3 atom stereocenters. The first kappa shape index (κ1) is 19.9. The van der Waals surface area contributed by atoms with Gasteiger partial charge < -0.3 is 24.6 Å². The molecule has 0 radical (unpaired) electrons. The van der Waals surface area contributed by atoms with Gasteiger partial charge in [0.2, 0.25) is 0 Å². The van der Waals surface area contributed by atoms with Gasteiger partial charge in [-0.3, -0.25) is 9.42 Å². The molecule has 0 aromatic carbocycles. The number of rotatable bonds is 11. The van der Waals surface area contributed by atoms with Crippen LogP contribution in [0.25, 0.3) is 0 Å². The van der Waals surface area contributed by atoms with Crippen LogP contribution in [0, 0.1) is 0 Å². The molecular formula is C13H23O9P. The van der Waals surface area contributed by atoms with Crippen LogP contribution >= 0.6 is 7.82 Å². The van der Waals surface area contributed by atoms with Crippen LogP contribution < -0.4 is 0 Å². The summed E-state index contributed by atoms with van der Waals surface area (Å²) in [6.07, 6.45) is 1.38. The fourth-order valence-electron chi connectivity index (χ4n) is 1.93. The topological polar surface area (TPSA) is 143 Å². The molecule has 0 saturated heterocycles. The number of unbranched alkanes of at least 4 members (excludes halogenated alkanes) is 4. The molecule has 0 aliphatic carbocycles. The molecule has 0 amide bonds. The highest BCUT2D eigenvalue weighted by atomic mass is 31.2. The summed E-state index contributed by atoms with van der Waals surface area (Å²) in [6.45, 7) is 1.25. The van der Waals surface area contributed by atoms with E-state index in [1.165, 1.54) is 0 Å². The monoisotopic (exact) mass is 354 g/mol. The Bertz CT molecular complexity index is 476. The van der Waals surface area contributed by atoms with Gasteiger partial charge in [0.1, 0.15) is 6.10 Å². The first-order valence-electron chi connectivity index (χ1n) is 7.42. The maximum atomic E-state index is 11.7. The molecule has 10 heteroatoms. The summed E-state index contributed by atoms with van der Waals surface area (Å²) in [5.74, 6) is -2.99. The molecule has 0 aromatic heterocycles. The summed E-state index contributed by atoms with van der Waals surface area (Å²) in [5, 5.41) is 27.8. The number of esters is 1. The number of hydrogen-bond acceptors (Lipinski definition) is 8. The van der Waals surface area contributed by atoms with Gasteiger partial charge in [-0.05, 0) is 6.42 Å². The highest BCUT2D eigenvalue weighted by Crippen LogP contribution is 2.47. The van der Waals surface area contributed by atoms with Gasteiger partial charge in [0, 0.05) is 0 Å². The number of cyclic esters (lactones) is 1. The molecule has 0 spiro atoms. The van der Waals surface area contributed by atoms with Crippen molar-refractivity contribution in [1.29, 1.82) is 0 Å². The minimum absolute atomic E-state index is 0.0384. The molecule has 1 aliphatic heterocycles. The summed E-state index contributed by atoms with van der Waals surface area (Å²) in [5.41, 5.74) is 0. The van der Waals surface area contributed by atoms with Crippen LogP contribution in [-0.4, -0.2) is 51.6 Å². The van der Waals surface area contributed by atoms with Gasteiger partial charge in [0.25, 0.3) is 5.76 Å². The van der Waals surface area contributed by atoms with Crippen LogP contribution in [0.3, 0.4) is 0 Å². The van der Waals surface area contributed by atoms with Crippen molar-refractivity contribution in [3.8, 4) is 0 Å². The lowest BCUT2D eigenvalue weighted by Gasteiger charge is -2.14. The maximum absolute atomic E-state index is 11.7. The Labute approximate surface area is 134 Å². The first-order chi connectivity index (χ1) is 10.8. The van der Waals surface area contributed by atoms with Gasteiger partial charge in [-0.1, -0.05) is 32.6 Å². The second-order valence-electron chi connectivity index (χ2n) is 5.10. The Hall–Kier alpha value is -1.12. The minimum atomic E-state index is -4.60. The Morgan fingerprint density at radius 2 is 1.96 bits per heavy atom. The average Bonchev–Trinajstić information content (AvgIpc) is 2.77. The number of aliphatic hydroxyl groups is 3. The van der Waals surface area contributed by atoms with Crippen molar-refractivity contribution in [2.45, 2.75) is 51.2 Å². The second kappa shape index (κ2) is 9.24. The molecule has 0 bridgehead atoms. The van der Waals surface area contributed by atoms with Crippen molar-refractivity contribution in [2.24, 2.45) is 0 Å². The molecule has 9 nitrogen and oxygen atoms in total. The standard InChI is InChI=1S/C13H23O9P/c1-2-3-4-5-6-7-20-23(18,19)22-12-10(16)11(9(15)8-14)21-13(12)17/h9,11,14-16H,2-8H2,1H3,(H,18,19)/t9-,11+/m0/s1. The number of carbonyl (C=O) groups is 1. The molecule has 1 heterocycles. The number of carbonyl (C=O) groups excluding carboxylic acids is 1. The normalized spacial score (nSPS) is 21.9. The van der Waals surface area contributed by atoms with Gasteiger partial charge in [-0.15, -0.1) is 0 Å². The average molecular weight is 354 g/mol. The Morgan fingerprint density at radius 1 is 1.30 bits per heavy atom. The molecule has 4 N–H and O–H groups in total. The zero-order valence-electron chi connectivity index (χ0n) is 12.9. The van der Waals surface area contributed by atoms with E-state index in [0.29, 0.717) is 6.42 Å². The molecule has 23 heavy (non-hydrogen) atoms. The zero-order chi connectivity index (χ0) is 17.5. The van der Waals surface area contributed by atoms with Crippen molar-refractivity contribution in [2.75, 3.05) is 13.2 Å². The van der Waals surface area contributed by atoms with E-state index >= 15 is 0 Å². The molecule has 0 saturated carbocycles. The number of hydrogen-bond donors (Lipinski definition) is 4. The van der Waals surface area contributed by atoms with E-state index in [9.17, 15) is 24.5 Å². The number of phosphoric ester groups is 1. The fourth-order valence-corrected chi connectivity index (χ4v) is 2.74. The number of phosphoric acid groups is 1. The van der Waals surface area contributed by atoms with Crippen LogP contribution in [0.5, 0.6) is 0 Å². The third-order valence-electron chi connectivity index (χ3n) is 3.17. The van der Waals surface area contributed by atoms with Crippen molar-refractivity contribution in [3.05, 3.63) is 11.5 Å². The lowest BCUT2D eigenvalue weighted by Crippen LogP contribution is -2.31. The van der Waals surface area contributed by atoms with Crippen LogP contribution in [0.4, 0.5) is 0 Å². The molecule has 0 fully saturated rings. The maximum Gasteiger partial charge on any atom is 0.527 e. The molecular weight excluding hydrogens is 331 g/mol. The highest BCUT2D eigenvalue weighted by Gasteiger charge is 2.43. The molecule has 1 aliphatic rings. The van der Waals surface area contributed by atoms with Gasteiger partial charge in [0.05, 0.1) is 13.2 Å². The van der Waals surface area contributed by atoms with E-state index in [2.05, 4.69) is 16.2 Å². The van der Waals surface area contributed by atoms with Crippen molar-refractivity contribution < 1.29 is 43.4 Å². The Balaban J connectivity index is 2.53. The summed E-state index contributed by atoms with van der Waals surface area (Å²) in [6, 6.07) is 0. The van der Waals surface area contributed by atoms with Gasteiger partial charge >= 0.3 is 13.8 Å². The predicted octanol–water partition coefficient (Wildman–Crippen LogP) is 1.14. The summed E-state index contributed by atoms with van der Waals surface area (Å²) >= 11 is 0. The quantitative estimate of drug-likeness (QED) is 0.244. The smallest absolute Gasteiger partial charge is 0.505 e. The zero-order valence-corrected chi connectivity index (χ0v) is 13.8. The van der Waals surface area contributed by atoms with Crippen molar-refractivity contribution >= 4 is 13.8 Å². The lowest BCUT2D eigenvalue weighted by atomic mass is 10.2. The van der Waals surface area contributed by atoms with Gasteiger partial charge in [-0.25, -0.2) is 9.36 Å². The predicted molar refractivity (Wildman–Crippen MR) is 78.2 cm³/mol. The summed E-state index contributed by atoms with van der Waals surface area (Å²) in [7, 11) is -4.60. The summed E-state index contributed by atoms with van der Waals surface area (Å²) in [4.78, 5) is 21.0. The van der Waals surface area contributed by atoms with Crippen LogP contribution in [0.15, 0.2) is 11.5 Å². The van der Waals surface area contributed by atoms with Gasteiger partial charge in [-0.2, -0.15) is 0 Å². The SMILES string of the molecule is CCCCCCCOP(=O)(O)OC1=C(O)[C@@H]([C@@H](O)CO)OC1=O. The first-order valence-corrected chi connectivity index (χ1v) is 8.92. The lowest BCUT2D eigenvalue weighted by molar-refractivity contribution is -0.147. The van der Waals surface area contributed by atoms with E-state index in [1.807, 2.05) is 0 Å². The minimum Gasteiger partial charge on any atom is -0.505 e. The molecule has 1 rings (SSSR count). The van der Waals surface area contributed by atoms with Crippen LogP contribution in [0.1, 0.15) is 39.0 Å². The van der Waals surface area contributed by atoms with E-state index < -0.39 is 44.1 Å². The Kier molecular flexibility index (Phi) is 8.01. The number of ether oxygens (including phenoxy) is 1. The van der Waals surface area contributed by atoms with E-state index in [-0.39, 0.29) is 6.61 Å². The second-order valence-corrected chi connectivity index (χ2v) is 6.48. The number of aliphatic hydroxyl groups excluding tert-OH is 3. The van der Waals surface area contributed by atoms with Crippen LogP contribution in [0.2, 0.25) is 0 Å². The van der Waals surface area contributed by atoms with E-state index in [0.717, 1.165) is 25.7 Å². The van der Waals surface area contributed by atoms with E-state index in [4.69, 9.17) is 9.63 Å². The highest BCUT2D eigenvalue weighted by molar-refractivity contribution is 7.47. The Morgan fingerprint density at radius 3 is 2.57 bits per heavy atom. The summed E-state index contributed by atoms with van der Waals surface area (Å²) < 4.78 is 25.6. The van der Waals surface area contributed by atoms with Gasteiger partial charge in [0.15, 0.2) is 11.9 Å². The fraction of sp³-hybridized carbons (Fsp3) is 0.769. The van der Waals surface area contributed by atoms with Crippen LogP contribution in [-0.2, 0) is 23.1 Å². The molecule has 1 unspecified atom stereocenters. The molecule has 134 valence electrons. The van der Waals surface area contributed by atoms with E-state index in [1.54, 1.807) is 0 Å². The third kappa shape index (κ3) is 6.12. The van der Waals surface area contributed by atoms with Crippen molar-refractivity contribution in [1.82, 2.24) is 0 Å². The molecule has 0 aromatic rings.